The fraction of sp³-hybridized carbons (Fsp3) is 0.400. The molecule has 1 atom stereocenters. The maximum absolute atomic E-state index is 4.78. The number of hydrogen-bond acceptors (Lipinski definition) is 3. The molecular formula is C15H20N2S. The van der Waals surface area contributed by atoms with Gasteiger partial charge in [0.05, 0.1) is 5.69 Å². The summed E-state index contributed by atoms with van der Waals surface area (Å²) < 4.78 is 0. The van der Waals surface area contributed by atoms with Gasteiger partial charge in [0.15, 0.2) is 0 Å². The molecule has 0 bridgehead atoms. The fourth-order valence-corrected chi connectivity index (χ4v) is 3.25. The van der Waals surface area contributed by atoms with Crippen LogP contribution in [0.25, 0.3) is 10.6 Å². The van der Waals surface area contributed by atoms with E-state index in [-0.39, 0.29) is 0 Å². The van der Waals surface area contributed by atoms with E-state index < -0.39 is 0 Å². The molecule has 2 aromatic rings. The number of benzene rings is 1. The summed E-state index contributed by atoms with van der Waals surface area (Å²) in [5.74, 6) is 0. The van der Waals surface area contributed by atoms with E-state index in [1.807, 2.05) is 0 Å². The topological polar surface area (TPSA) is 24.9 Å². The lowest BCUT2D eigenvalue weighted by Crippen LogP contribution is -2.17. The highest BCUT2D eigenvalue weighted by Crippen LogP contribution is 2.31. The summed E-state index contributed by atoms with van der Waals surface area (Å²) in [6.07, 6.45) is 0. The van der Waals surface area contributed by atoms with Crippen LogP contribution in [-0.4, -0.2) is 11.5 Å². The van der Waals surface area contributed by atoms with Crippen LogP contribution in [-0.2, 0) is 0 Å². The van der Waals surface area contributed by atoms with E-state index in [2.05, 4.69) is 56.6 Å². The maximum atomic E-state index is 4.78. The molecule has 1 N–H and O–H groups in total. The monoisotopic (exact) mass is 260 g/mol. The molecule has 2 rings (SSSR count). The molecule has 1 unspecified atom stereocenters. The molecule has 1 aromatic heterocycles. The van der Waals surface area contributed by atoms with E-state index in [4.69, 9.17) is 4.98 Å². The van der Waals surface area contributed by atoms with E-state index in [1.54, 1.807) is 11.3 Å². The molecule has 96 valence electrons. The summed E-state index contributed by atoms with van der Waals surface area (Å²) in [6, 6.07) is 6.72. The van der Waals surface area contributed by atoms with Gasteiger partial charge >= 0.3 is 0 Å². The third kappa shape index (κ3) is 2.62. The Hall–Kier alpha value is -1.19. The smallest absolute Gasteiger partial charge is 0.124 e. The van der Waals surface area contributed by atoms with Gasteiger partial charge in [0.2, 0.25) is 0 Å². The molecule has 0 aliphatic rings. The van der Waals surface area contributed by atoms with Gasteiger partial charge < -0.3 is 5.32 Å². The molecular weight excluding hydrogens is 240 g/mol. The van der Waals surface area contributed by atoms with Crippen LogP contribution in [0.5, 0.6) is 0 Å². The van der Waals surface area contributed by atoms with Crippen molar-refractivity contribution in [2.24, 2.45) is 0 Å². The summed E-state index contributed by atoms with van der Waals surface area (Å²) in [4.78, 5) is 4.78. The Morgan fingerprint density at radius 1 is 1.28 bits per heavy atom. The summed E-state index contributed by atoms with van der Waals surface area (Å²) in [5, 5.41) is 6.69. The minimum Gasteiger partial charge on any atom is -0.309 e. The second-order valence-electron chi connectivity index (χ2n) is 4.62. The molecule has 0 aliphatic heterocycles. The van der Waals surface area contributed by atoms with Crippen molar-refractivity contribution in [2.75, 3.05) is 6.54 Å². The molecule has 0 amide bonds. The average molecular weight is 260 g/mol. The van der Waals surface area contributed by atoms with E-state index in [9.17, 15) is 0 Å². The number of nitrogens with zero attached hydrogens (tertiary/aromatic N) is 1. The second-order valence-corrected chi connectivity index (χ2v) is 5.48. The van der Waals surface area contributed by atoms with Gasteiger partial charge in [0.1, 0.15) is 5.01 Å². The van der Waals surface area contributed by atoms with Crippen LogP contribution >= 0.6 is 11.3 Å². The maximum Gasteiger partial charge on any atom is 0.124 e. The molecule has 1 heterocycles. The highest BCUT2D eigenvalue weighted by atomic mass is 32.1. The Morgan fingerprint density at radius 2 is 1.94 bits per heavy atom. The highest BCUT2D eigenvalue weighted by Gasteiger charge is 2.12. The lowest BCUT2D eigenvalue weighted by Gasteiger charge is -2.09. The van der Waals surface area contributed by atoms with Crippen molar-refractivity contribution in [3.63, 3.8) is 0 Å². The SMILES string of the molecule is CCNC(C)c1csc(-c2c(C)cccc2C)n1. The van der Waals surface area contributed by atoms with Crippen molar-refractivity contribution in [3.8, 4) is 10.6 Å². The van der Waals surface area contributed by atoms with Gasteiger partial charge in [-0.25, -0.2) is 4.98 Å². The molecule has 0 spiro atoms. The first-order chi connectivity index (χ1) is 8.63. The van der Waals surface area contributed by atoms with Crippen LogP contribution < -0.4 is 5.32 Å². The number of hydrogen-bond donors (Lipinski definition) is 1. The Balaban J connectivity index is 2.35. The van der Waals surface area contributed by atoms with Crippen molar-refractivity contribution < 1.29 is 0 Å². The predicted octanol–water partition coefficient (Wildman–Crippen LogP) is 4.10. The van der Waals surface area contributed by atoms with Crippen LogP contribution in [0.15, 0.2) is 23.6 Å². The van der Waals surface area contributed by atoms with Gasteiger partial charge in [-0.2, -0.15) is 0 Å². The van der Waals surface area contributed by atoms with E-state index in [0.717, 1.165) is 17.2 Å². The first-order valence-corrected chi connectivity index (χ1v) is 7.26. The predicted molar refractivity (Wildman–Crippen MR) is 79.1 cm³/mol. The summed E-state index contributed by atoms with van der Waals surface area (Å²) >= 11 is 1.73. The van der Waals surface area contributed by atoms with Crippen LogP contribution in [0, 0.1) is 13.8 Å². The number of aromatic nitrogens is 1. The molecule has 1 aromatic carbocycles. The number of rotatable bonds is 4. The van der Waals surface area contributed by atoms with Crippen LogP contribution in [0.1, 0.15) is 36.7 Å². The van der Waals surface area contributed by atoms with Crippen LogP contribution in [0.4, 0.5) is 0 Å². The molecule has 3 heteroatoms. The summed E-state index contributed by atoms with van der Waals surface area (Å²) in [5.41, 5.74) is 5.02. The van der Waals surface area contributed by atoms with E-state index in [1.165, 1.54) is 16.7 Å². The second kappa shape index (κ2) is 5.63. The zero-order valence-corrected chi connectivity index (χ0v) is 12.3. The first kappa shape index (κ1) is 13.2. The van der Waals surface area contributed by atoms with Gasteiger partial charge in [-0.05, 0) is 38.4 Å². The van der Waals surface area contributed by atoms with Crippen molar-refractivity contribution in [3.05, 3.63) is 40.4 Å². The van der Waals surface area contributed by atoms with Gasteiger partial charge in [-0.3, -0.25) is 0 Å². The minimum absolute atomic E-state index is 0.323. The zero-order valence-electron chi connectivity index (χ0n) is 11.4. The fourth-order valence-electron chi connectivity index (χ4n) is 2.16. The lowest BCUT2D eigenvalue weighted by atomic mass is 10.0. The Bertz CT molecular complexity index is 511. The van der Waals surface area contributed by atoms with Gasteiger partial charge in [-0.15, -0.1) is 11.3 Å². The molecule has 0 fully saturated rings. The Kier molecular flexibility index (Phi) is 4.15. The van der Waals surface area contributed by atoms with Crippen molar-refractivity contribution in [1.82, 2.24) is 10.3 Å². The van der Waals surface area contributed by atoms with Crippen LogP contribution in [0.3, 0.4) is 0 Å². The third-order valence-electron chi connectivity index (χ3n) is 3.17. The molecule has 2 nitrogen and oxygen atoms in total. The standard InChI is InChI=1S/C15H20N2S/c1-5-16-12(4)13-9-18-15(17-13)14-10(2)7-6-8-11(14)3/h6-9,12,16H,5H2,1-4H3. The van der Waals surface area contributed by atoms with Gasteiger partial charge in [0, 0.05) is 17.0 Å². The number of aryl methyl sites for hydroxylation is 2. The van der Waals surface area contributed by atoms with Gasteiger partial charge in [0.25, 0.3) is 0 Å². The van der Waals surface area contributed by atoms with Crippen molar-refractivity contribution in [1.29, 1.82) is 0 Å². The van der Waals surface area contributed by atoms with E-state index in [0.29, 0.717) is 6.04 Å². The van der Waals surface area contributed by atoms with Crippen LogP contribution in [0.2, 0.25) is 0 Å². The number of thiazole rings is 1. The first-order valence-electron chi connectivity index (χ1n) is 6.39. The summed E-state index contributed by atoms with van der Waals surface area (Å²) in [7, 11) is 0. The molecule has 0 saturated carbocycles. The quantitative estimate of drug-likeness (QED) is 0.895. The Labute approximate surface area is 113 Å². The molecule has 0 saturated heterocycles. The Morgan fingerprint density at radius 3 is 2.56 bits per heavy atom. The number of nitrogens with one attached hydrogen (secondary N) is 1. The molecule has 0 radical (unpaired) electrons. The van der Waals surface area contributed by atoms with E-state index >= 15 is 0 Å². The molecule has 0 aliphatic carbocycles. The normalized spacial score (nSPS) is 12.7. The largest absolute Gasteiger partial charge is 0.309 e. The van der Waals surface area contributed by atoms with Gasteiger partial charge in [-0.1, -0.05) is 25.1 Å². The average Bonchev–Trinajstić information content (AvgIpc) is 2.78. The zero-order chi connectivity index (χ0) is 13.1. The van der Waals surface area contributed by atoms with Crippen molar-refractivity contribution >= 4 is 11.3 Å². The minimum atomic E-state index is 0.323. The highest BCUT2D eigenvalue weighted by molar-refractivity contribution is 7.13. The lowest BCUT2D eigenvalue weighted by molar-refractivity contribution is 0.587. The molecule has 18 heavy (non-hydrogen) atoms. The van der Waals surface area contributed by atoms with Crippen molar-refractivity contribution in [2.45, 2.75) is 33.7 Å². The third-order valence-corrected chi connectivity index (χ3v) is 4.05. The summed E-state index contributed by atoms with van der Waals surface area (Å²) in [6.45, 7) is 9.55.